The number of hydrogen-bond donors (Lipinski definition) is 2. The third kappa shape index (κ3) is 3.57. The number of carbonyl (C=O) groups excluding carboxylic acids is 4. The van der Waals surface area contributed by atoms with Gasteiger partial charge in [0.05, 0.1) is 0 Å². The zero-order valence-corrected chi connectivity index (χ0v) is 12.8. The standard InChI is InChI=1S/C15H15N3O6/c1-9(19)17-7-12(21)18(8-11(17)20)15(24)16-13(14(22)23)10-5-3-2-4-6-10/h2-6,13H,7-8H2,1H3,(H,16,24)(H,22,23). The Bertz CT molecular complexity index is 702. The maximum atomic E-state index is 12.2. The van der Waals surface area contributed by atoms with Gasteiger partial charge in [0.15, 0.2) is 6.04 Å². The molecule has 0 aromatic heterocycles. The molecular formula is C15H15N3O6. The highest BCUT2D eigenvalue weighted by Gasteiger charge is 2.37. The summed E-state index contributed by atoms with van der Waals surface area (Å²) in [6, 6.07) is 5.56. The molecule has 24 heavy (non-hydrogen) atoms. The molecule has 126 valence electrons. The number of nitrogens with one attached hydrogen (secondary N) is 1. The van der Waals surface area contributed by atoms with Crippen LogP contribution in [0.25, 0.3) is 0 Å². The molecule has 5 amide bonds. The van der Waals surface area contributed by atoms with E-state index in [1.807, 2.05) is 0 Å². The fourth-order valence-electron chi connectivity index (χ4n) is 2.22. The van der Waals surface area contributed by atoms with Crippen molar-refractivity contribution in [2.24, 2.45) is 0 Å². The van der Waals surface area contributed by atoms with E-state index in [4.69, 9.17) is 0 Å². The third-order valence-corrected chi connectivity index (χ3v) is 3.46. The van der Waals surface area contributed by atoms with Crippen LogP contribution >= 0.6 is 0 Å². The van der Waals surface area contributed by atoms with E-state index in [9.17, 15) is 29.1 Å². The second-order valence-corrected chi connectivity index (χ2v) is 5.11. The number of piperazine rings is 1. The van der Waals surface area contributed by atoms with Crippen molar-refractivity contribution in [3.63, 3.8) is 0 Å². The van der Waals surface area contributed by atoms with Gasteiger partial charge in [0, 0.05) is 6.92 Å². The van der Waals surface area contributed by atoms with E-state index in [1.165, 1.54) is 12.1 Å². The third-order valence-electron chi connectivity index (χ3n) is 3.46. The number of imide groups is 2. The average molecular weight is 333 g/mol. The van der Waals surface area contributed by atoms with Crippen molar-refractivity contribution in [3.8, 4) is 0 Å². The van der Waals surface area contributed by atoms with Crippen LogP contribution < -0.4 is 5.32 Å². The van der Waals surface area contributed by atoms with Gasteiger partial charge in [-0.15, -0.1) is 0 Å². The molecule has 0 bridgehead atoms. The fourth-order valence-corrected chi connectivity index (χ4v) is 2.22. The monoisotopic (exact) mass is 333 g/mol. The quantitative estimate of drug-likeness (QED) is 0.785. The van der Waals surface area contributed by atoms with E-state index in [-0.39, 0.29) is 0 Å². The van der Waals surface area contributed by atoms with Crippen molar-refractivity contribution >= 4 is 29.7 Å². The second kappa shape index (κ2) is 6.90. The smallest absolute Gasteiger partial charge is 0.330 e. The number of carboxylic acid groups (broad SMARTS) is 1. The van der Waals surface area contributed by atoms with Crippen molar-refractivity contribution in [1.29, 1.82) is 0 Å². The van der Waals surface area contributed by atoms with Crippen molar-refractivity contribution in [1.82, 2.24) is 15.1 Å². The van der Waals surface area contributed by atoms with Gasteiger partial charge in [0.1, 0.15) is 13.1 Å². The Kier molecular flexibility index (Phi) is 4.93. The lowest BCUT2D eigenvalue weighted by Crippen LogP contribution is -2.59. The number of benzene rings is 1. The summed E-state index contributed by atoms with van der Waals surface area (Å²) in [7, 11) is 0. The van der Waals surface area contributed by atoms with Gasteiger partial charge in [-0.3, -0.25) is 24.2 Å². The van der Waals surface area contributed by atoms with Crippen LogP contribution in [-0.4, -0.2) is 57.7 Å². The van der Waals surface area contributed by atoms with Gasteiger partial charge in [-0.05, 0) is 5.56 Å². The average Bonchev–Trinajstić information content (AvgIpc) is 2.54. The number of carbonyl (C=O) groups is 5. The summed E-state index contributed by atoms with van der Waals surface area (Å²) < 4.78 is 0. The van der Waals surface area contributed by atoms with Gasteiger partial charge in [-0.25, -0.2) is 9.59 Å². The first kappa shape index (κ1) is 17.1. The van der Waals surface area contributed by atoms with Crippen LogP contribution in [0.1, 0.15) is 18.5 Å². The summed E-state index contributed by atoms with van der Waals surface area (Å²) in [4.78, 5) is 59.9. The Hall–Kier alpha value is -3.23. The van der Waals surface area contributed by atoms with Crippen molar-refractivity contribution in [3.05, 3.63) is 35.9 Å². The topological polar surface area (TPSA) is 124 Å². The Morgan fingerprint density at radius 2 is 1.58 bits per heavy atom. The normalized spacial score (nSPS) is 15.9. The molecule has 1 aromatic carbocycles. The lowest BCUT2D eigenvalue weighted by molar-refractivity contribution is -0.154. The zero-order valence-electron chi connectivity index (χ0n) is 12.8. The van der Waals surface area contributed by atoms with Crippen LogP contribution in [0.5, 0.6) is 0 Å². The van der Waals surface area contributed by atoms with E-state index in [0.29, 0.717) is 10.5 Å². The summed E-state index contributed by atoms with van der Waals surface area (Å²) in [5.74, 6) is -3.37. The van der Waals surface area contributed by atoms with Crippen LogP contribution in [0, 0.1) is 0 Å². The van der Waals surface area contributed by atoms with Crippen LogP contribution in [0.15, 0.2) is 30.3 Å². The number of hydrogen-bond acceptors (Lipinski definition) is 5. The number of rotatable bonds is 3. The summed E-state index contributed by atoms with van der Waals surface area (Å²) in [5.41, 5.74) is 0.319. The molecule has 2 N–H and O–H groups in total. The molecule has 1 fully saturated rings. The molecular weight excluding hydrogens is 318 g/mol. The van der Waals surface area contributed by atoms with Crippen molar-refractivity contribution < 1.29 is 29.1 Å². The second-order valence-electron chi connectivity index (χ2n) is 5.11. The highest BCUT2D eigenvalue weighted by atomic mass is 16.4. The van der Waals surface area contributed by atoms with Crippen molar-refractivity contribution in [2.75, 3.05) is 13.1 Å². The molecule has 9 heteroatoms. The highest BCUT2D eigenvalue weighted by Crippen LogP contribution is 2.14. The molecule has 1 aliphatic rings. The Morgan fingerprint density at radius 3 is 2.12 bits per heavy atom. The van der Waals surface area contributed by atoms with Gasteiger partial charge in [0.25, 0.3) is 5.91 Å². The van der Waals surface area contributed by atoms with Gasteiger partial charge in [-0.1, -0.05) is 30.3 Å². The first-order valence-electron chi connectivity index (χ1n) is 7.00. The molecule has 0 aliphatic carbocycles. The largest absolute Gasteiger partial charge is 0.479 e. The molecule has 1 aromatic rings. The van der Waals surface area contributed by atoms with Gasteiger partial charge in [0.2, 0.25) is 11.8 Å². The Morgan fingerprint density at radius 1 is 1.04 bits per heavy atom. The molecule has 0 saturated carbocycles. The molecule has 1 unspecified atom stereocenters. The minimum Gasteiger partial charge on any atom is -0.479 e. The van der Waals surface area contributed by atoms with Crippen LogP contribution in [-0.2, 0) is 19.2 Å². The molecule has 1 atom stereocenters. The zero-order chi connectivity index (χ0) is 17.9. The van der Waals surface area contributed by atoms with E-state index in [1.54, 1.807) is 18.2 Å². The molecule has 1 heterocycles. The summed E-state index contributed by atoms with van der Waals surface area (Å²) in [5, 5.41) is 11.5. The number of aliphatic carboxylic acids is 1. The molecule has 1 aliphatic heterocycles. The number of amides is 5. The summed E-state index contributed by atoms with van der Waals surface area (Å²) in [6.07, 6.45) is 0. The van der Waals surface area contributed by atoms with Crippen LogP contribution in [0.2, 0.25) is 0 Å². The molecule has 0 radical (unpaired) electrons. The number of carboxylic acids is 1. The SMILES string of the molecule is CC(=O)N1CC(=O)N(C(=O)NC(C(=O)O)c2ccccc2)CC1=O. The van der Waals surface area contributed by atoms with E-state index in [2.05, 4.69) is 5.32 Å². The van der Waals surface area contributed by atoms with E-state index >= 15 is 0 Å². The minimum atomic E-state index is -1.37. The molecule has 9 nitrogen and oxygen atoms in total. The van der Waals surface area contributed by atoms with Gasteiger partial charge < -0.3 is 10.4 Å². The Labute approximate surface area is 136 Å². The molecule has 1 saturated heterocycles. The Balaban J connectivity index is 2.13. The maximum Gasteiger partial charge on any atom is 0.330 e. The van der Waals surface area contributed by atoms with E-state index in [0.717, 1.165) is 11.8 Å². The predicted octanol–water partition coefficient (Wildman–Crippen LogP) is -0.261. The minimum absolute atomic E-state index is 0.319. The number of urea groups is 1. The number of nitrogens with zero attached hydrogens (tertiary/aromatic N) is 2. The molecule has 0 spiro atoms. The molecule has 2 rings (SSSR count). The predicted molar refractivity (Wildman–Crippen MR) is 79.5 cm³/mol. The van der Waals surface area contributed by atoms with E-state index < -0.39 is 48.9 Å². The summed E-state index contributed by atoms with van der Waals surface area (Å²) in [6.45, 7) is -0.0349. The lowest BCUT2D eigenvalue weighted by Gasteiger charge is -2.31. The lowest BCUT2D eigenvalue weighted by atomic mass is 10.1. The maximum absolute atomic E-state index is 12.2. The van der Waals surface area contributed by atoms with Gasteiger partial charge >= 0.3 is 12.0 Å². The van der Waals surface area contributed by atoms with Gasteiger partial charge in [-0.2, -0.15) is 0 Å². The van der Waals surface area contributed by atoms with Crippen LogP contribution in [0.4, 0.5) is 4.79 Å². The summed E-state index contributed by atoms with van der Waals surface area (Å²) >= 11 is 0. The first-order chi connectivity index (χ1) is 11.3. The fraction of sp³-hybridized carbons (Fsp3) is 0.267. The first-order valence-corrected chi connectivity index (χ1v) is 7.00. The van der Waals surface area contributed by atoms with Crippen LogP contribution in [0.3, 0.4) is 0 Å². The van der Waals surface area contributed by atoms with Crippen molar-refractivity contribution in [2.45, 2.75) is 13.0 Å². The highest BCUT2D eigenvalue weighted by molar-refractivity contribution is 6.08.